The van der Waals surface area contributed by atoms with E-state index in [9.17, 15) is 10.5 Å². The monoisotopic (exact) mass is 249 g/mol. The van der Waals surface area contributed by atoms with Crippen molar-refractivity contribution in [2.75, 3.05) is 0 Å². The molecule has 0 aromatic heterocycles. The number of dihydropyridines is 1. The molecule has 0 fully saturated rings. The average molecular weight is 249 g/mol. The van der Waals surface area contributed by atoms with E-state index in [1.165, 1.54) is 0 Å². The molecule has 0 aliphatic carbocycles. The first kappa shape index (κ1) is 12.9. The highest BCUT2D eigenvalue weighted by Crippen LogP contribution is 2.31. The zero-order chi connectivity index (χ0) is 13.8. The molecule has 1 aromatic rings. The molecule has 0 unspecified atom stereocenters. The molecule has 94 valence electrons. The molecule has 1 aromatic carbocycles. The van der Waals surface area contributed by atoms with Crippen molar-refractivity contribution in [3.8, 4) is 12.1 Å². The van der Waals surface area contributed by atoms with Crippen LogP contribution in [-0.2, 0) is 6.42 Å². The van der Waals surface area contributed by atoms with Crippen LogP contribution in [0.15, 0.2) is 52.9 Å². The Bertz CT molecular complexity index is 588. The number of nitrogens with zero attached hydrogens (tertiary/aromatic N) is 2. The fourth-order valence-corrected chi connectivity index (χ4v) is 2.46. The number of hydrogen-bond acceptors (Lipinski definition) is 3. The van der Waals surface area contributed by atoms with E-state index < -0.39 is 0 Å². The third-order valence-corrected chi connectivity index (χ3v) is 3.40. The second-order valence-electron chi connectivity index (χ2n) is 4.67. The highest BCUT2D eigenvalue weighted by atomic mass is 14.9. The maximum absolute atomic E-state index is 9.33. The van der Waals surface area contributed by atoms with Crippen molar-refractivity contribution in [3.05, 3.63) is 58.4 Å². The lowest BCUT2D eigenvalue weighted by atomic mass is 9.82. The minimum Gasteiger partial charge on any atom is -0.361 e. The first-order valence-electron chi connectivity index (χ1n) is 6.20. The maximum Gasteiger partial charge on any atom is 0.0972 e. The van der Waals surface area contributed by atoms with Crippen LogP contribution in [-0.4, -0.2) is 0 Å². The first-order valence-corrected chi connectivity index (χ1v) is 6.20. The van der Waals surface area contributed by atoms with E-state index in [2.05, 4.69) is 17.5 Å². The highest BCUT2D eigenvalue weighted by Gasteiger charge is 2.27. The van der Waals surface area contributed by atoms with Gasteiger partial charge in [0.1, 0.15) is 0 Å². The Labute approximate surface area is 113 Å². The Morgan fingerprint density at radius 1 is 1.00 bits per heavy atom. The summed E-state index contributed by atoms with van der Waals surface area (Å²) in [6.45, 7) is 3.77. The van der Waals surface area contributed by atoms with E-state index >= 15 is 0 Å². The molecule has 0 spiro atoms. The van der Waals surface area contributed by atoms with Gasteiger partial charge in [-0.15, -0.1) is 0 Å². The molecule has 3 heteroatoms. The number of nitrogens with one attached hydrogen (secondary N) is 1. The lowest BCUT2D eigenvalue weighted by Crippen LogP contribution is -2.25. The molecule has 1 aliphatic heterocycles. The van der Waals surface area contributed by atoms with Gasteiger partial charge in [0.15, 0.2) is 0 Å². The Morgan fingerprint density at radius 3 is 2.00 bits per heavy atom. The molecular formula is C16H15N3. The van der Waals surface area contributed by atoms with E-state index in [0.717, 1.165) is 17.0 Å². The van der Waals surface area contributed by atoms with Crippen LogP contribution in [0.4, 0.5) is 0 Å². The van der Waals surface area contributed by atoms with Crippen LogP contribution in [0.1, 0.15) is 19.4 Å². The van der Waals surface area contributed by atoms with Crippen LogP contribution in [0.5, 0.6) is 0 Å². The minimum atomic E-state index is -0.140. The number of hydrogen-bond donors (Lipinski definition) is 1. The van der Waals surface area contributed by atoms with Gasteiger partial charge in [0.2, 0.25) is 0 Å². The molecule has 0 saturated heterocycles. The topological polar surface area (TPSA) is 59.6 Å². The van der Waals surface area contributed by atoms with Gasteiger partial charge in [-0.3, -0.25) is 0 Å². The molecule has 0 bridgehead atoms. The van der Waals surface area contributed by atoms with Crippen molar-refractivity contribution in [1.82, 2.24) is 5.32 Å². The number of benzene rings is 1. The summed E-state index contributed by atoms with van der Waals surface area (Å²) >= 11 is 0. The molecule has 3 nitrogen and oxygen atoms in total. The zero-order valence-electron chi connectivity index (χ0n) is 11.1. The van der Waals surface area contributed by atoms with Gasteiger partial charge in [-0.25, -0.2) is 0 Å². The number of allylic oxidation sites excluding steroid dienone is 4. The van der Waals surface area contributed by atoms with E-state index in [-0.39, 0.29) is 5.92 Å². The molecule has 19 heavy (non-hydrogen) atoms. The Balaban J connectivity index is 2.41. The molecule has 0 radical (unpaired) electrons. The van der Waals surface area contributed by atoms with Crippen LogP contribution in [0.3, 0.4) is 0 Å². The molecule has 0 amide bonds. The van der Waals surface area contributed by atoms with Crippen LogP contribution >= 0.6 is 0 Å². The van der Waals surface area contributed by atoms with Gasteiger partial charge < -0.3 is 5.32 Å². The molecule has 0 saturated carbocycles. The summed E-state index contributed by atoms with van der Waals surface area (Å²) in [5, 5.41) is 21.8. The van der Waals surface area contributed by atoms with Crippen molar-refractivity contribution >= 4 is 0 Å². The van der Waals surface area contributed by atoms with Crippen LogP contribution < -0.4 is 5.32 Å². The second-order valence-corrected chi connectivity index (χ2v) is 4.67. The van der Waals surface area contributed by atoms with Crippen molar-refractivity contribution in [2.24, 2.45) is 5.92 Å². The van der Waals surface area contributed by atoms with E-state index in [4.69, 9.17) is 0 Å². The summed E-state index contributed by atoms with van der Waals surface area (Å²) in [4.78, 5) is 0. The molecule has 1 aliphatic rings. The Kier molecular flexibility index (Phi) is 3.68. The fourth-order valence-electron chi connectivity index (χ4n) is 2.46. The summed E-state index contributed by atoms with van der Waals surface area (Å²) < 4.78 is 0. The summed E-state index contributed by atoms with van der Waals surface area (Å²) in [6, 6.07) is 14.4. The van der Waals surface area contributed by atoms with Gasteiger partial charge in [-0.05, 0) is 25.8 Å². The minimum absolute atomic E-state index is 0.140. The first-order chi connectivity index (χ1) is 9.17. The van der Waals surface area contributed by atoms with Crippen molar-refractivity contribution in [2.45, 2.75) is 20.3 Å². The zero-order valence-corrected chi connectivity index (χ0v) is 11.1. The van der Waals surface area contributed by atoms with Crippen LogP contribution in [0.2, 0.25) is 0 Å². The smallest absolute Gasteiger partial charge is 0.0972 e. The third kappa shape index (κ3) is 2.51. The molecular weight excluding hydrogens is 234 g/mol. The summed E-state index contributed by atoms with van der Waals surface area (Å²) in [5.74, 6) is -0.140. The molecule has 2 rings (SSSR count). The van der Waals surface area contributed by atoms with Gasteiger partial charge in [0.25, 0.3) is 0 Å². The SMILES string of the molecule is CC1=C(C#N)C(Cc2ccccc2)C(C#N)=C(C)N1. The lowest BCUT2D eigenvalue weighted by molar-refractivity contribution is 0.681. The van der Waals surface area contributed by atoms with Crippen molar-refractivity contribution in [3.63, 3.8) is 0 Å². The standard InChI is InChI=1S/C16H15N3/c1-11-15(9-17)14(16(10-18)12(2)19-11)8-13-6-4-3-5-7-13/h3-7,14,19H,8H2,1-2H3. The largest absolute Gasteiger partial charge is 0.361 e. The Hall–Kier alpha value is -2.52. The van der Waals surface area contributed by atoms with Gasteiger partial charge >= 0.3 is 0 Å². The van der Waals surface area contributed by atoms with Crippen LogP contribution in [0.25, 0.3) is 0 Å². The second kappa shape index (κ2) is 5.42. The normalized spacial score (nSPS) is 15.8. The summed E-state index contributed by atoms with van der Waals surface area (Å²) in [7, 11) is 0. The maximum atomic E-state index is 9.33. The highest BCUT2D eigenvalue weighted by molar-refractivity contribution is 5.47. The van der Waals surface area contributed by atoms with Gasteiger partial charge in [-0.2, -0.15) is 10.5 Å². The van der Waals surface area contributed by atoms with Gasteiger partial charge in [0.05, 0.1) is 23.3 Å². The van der Waals surface area contributed by atoms with Crippen molar-refractivity contribution in [1.29, 1.82) is 10.5 Å². The molecule has 1 heterocycles. The third-order valence-electron chi connectivity index (χ3n) is 3.40. The molecule has 0 atom stereocenters. The number of nitriles is 2. The average Bonchev–Trinajstić information content (AvgIpc) is 2.40. The van der Waals surface area contributed by atoms with Gasteiger partial charge in [0, 0.05) is 17.3 Å². The van der Waals surface area contributed by atoms with E-state index in [0.29, 0.717) is 17.6 Å². The Morgan fingerprint density at radius 2 is 1.53 bits per heavy atom. The van der Waals surface area contributed by atoms with Gasteiger partial charge in [-0.1, -0.05) is 30.3 Å². The number of rotatable bonds is 2. The van der Waals surface area contributed by atoms with E-state index in [1.807, 2.05) is 44.2 Å². The predicted octanol–water partition coefficient (Wildman–Crippen LogP) is 3.04. The summed E-state index contributed by atoms with van der Waals surface area (Å²) in [6.07, 6.45) is 0.684. The fraction of sp³-hybridized carbons (Fsp3) is 0.250. The quantitative estimate of drug-likeness (QED) is 0.876. The van der Waals surface area contributed by atoms with Crippen LogP contribution in [0, 0.1) is 28.6 Å². The van der Waals surface area contributed by atoms with E-state index in [1.54, 1.807) is 0 Å². The summed E-state index contributed by atoms with van der Waals surface area (Å²) in [5.41, 5.74) is 4.15. The molecule has 1 N–H and O–H groups in total. The predicted molar refractivity (Wildman–Crippen MR) is 73.4 cm³/mol. The lowest BCUT2D eigenvalue weighted by Gasteiger charge is -2.25. The van der Waals surface area contributed by atoms with Crippen molar-refractivity contribution < 1.29 is 0 Å².